The highest BCUT2D eigenvalue weighted by Gasteiger charge is 2.20. The van der Waals surface area contributed by atoms with E-state index in [0.29, 0.717) is 13.2 Å². The summed E-state index contributed by atoms with van der Waals surface area (Å²) >= 11 is 0. The van der Waals surface area contributed by atoms with E-state index in [1.54, 1.807) is 7.05 Å². The topological polar surface area (TPSA) is 58.1 Å². The molecule has 7 heteroatoms. The molecule has 142 valence electrons. The number of nitrogens with one attached hydrogen (secondary N) is 2. The zero-order valence-corrected chi connectivity index (χ0v) is 17.8. The molecule has 0 radical (unpaired) electrons. The first-order valence-corrected chi connectivity index (χ1v) is 8.82. The summed E-state index contributed by atoms with van der Waals surface area (Å²) < 4.78 is 11.7. The SMILES string of the molecule is CCCN(CC)CCNC(=NC)NCC1COc2ccccc2O1.I. The van der Waals surface area contributed by atoms with Crippen LogP contribution >= 0.6 is 24.0 Å². The molecule has 1 aromatic rings. The highest BCUT2D eigenvalue weighted by Crippen LogP contribution is 2.30. The van der Waals surface area contributed by atoms with Crippen LogP contribution in [0.15, 0.2) is 29.3 Å². The lowest BCUT2D eigenvalue weighted by Gasteiger charge is -2.27. The zero-order chi connectivity index (χ0) is 17.2. The summed E-state index contributed by atoms with van der Waals surface area (Å²) in [5.41, 5.74) is 0. The van der Waals surface area contributed by atoms with Crippen molar-refractivity contribution in [2.75, 3.05) is 46.4 Å². The van der Waals surface area contributed by atoms with E-state index in [4.69, 9.17) is 9.47 Å². The van der Waals surface area contributed by atoms with E-state index >= 15 is 0 Å². The van der Waals surface area contributed by atoms with Gasteiger partial charge >= 0.3 is 0 Å². The fourth-order valence-electron chi connectivity index (χ4n) is 2.67. The number of nitrogens with zero attached hydrogens (tertiary/aromatic N) is 2. The molecule has 0 aromatic heterocycles. The third-order valence-electron chi connectivity index (χ3n) is 4.00. The van der Waals surface area contributed by atoms with Crippen LogP contribution in [-0.4, -0.2) is 63.3 Å². The minimum Gasteiger partial charge on any atom is -0.486 e. The van der Waals surface area contributed by atoms with Gasteiger partial charge in [0, 0.05) is 20.1 Å². The monoisotopic (exact) mass is 462 g/mol. The molecule has 0 fully saturated rings. The number of hydrogen-bond acceptors (Lipinski definition) is 4. The van der Waals surface area contributed by atoms with Crippen molar-refractivity contribution in [3.63, 3.8) is 0 Å². The molecule has 1 atom stereocenters. The molecule has 0 aliphatic carbocycles. The number of likely N-dealkylation sites (N-methyl/N-ethyl adjacent to an activating group) is 1. The van der Waals surface area contributed by atoms with Crippen molar-refractivity contribution < 1.29 is 9.47 Å². The average Bonchev–Trinajstić information content (AvgIpc) is 2.63. The second-order valence-corrected chi connectivity index (χ2v) is 5.81. The molecule has 25 heavy (non-hydrogen) atoms. The van der Waals surface area contributed by atoms with Gasteiger partial charge in [-0.15, -0.1) is 24.0 Å². The zero-order valence-electron chi connectivity index (χ0n) is 15.5. The summed E-state index contributed by atoms with van der Waals surface area (Å²) in [7, 11) is 1.78. The molecule has 1 aromatic carbocycles. The van der Waals surface area contributed by atoms with Gasteiger partial charge in [0.2, 0.25) is 0 Å². The van der Waals surface area contributed by atoms with Crippen molar-refractivity contribution in [2.24, 2.45) is 4.99 Å². The maximum Gasteiger partial charge on any atom is 0.191 e. The molecule has 2 rings (SSSR count). The summed E-state index contributed by atoms with van der Waals surface area (Å²) in [4.78, 5) is 6.69. The van der Waals surface area contributed by atoms with E-state index in [0.717, 1.165) is 43.6 Å². The molecule has 1 aliphatic rings. The average molecular weight is 462 g/mol. The highest BCUT2D eigenvalue weighted by molar-refractivity contribution is 14.0. The van der Waals surface area contributed by atoms with E-state index in [2.05, 4.69) is 34.4 Å². The Labute approximate surface area is 168 Å². The van der Waals surface area contributed by atoms with Crippen LogP contribution in [0.5, 0.6) is 11.5 Å². The Balaban J connectivity index is 0.00000312. The summed E-state index contributed by atoms with van der Waals surface area (Å²) in [6.45, 7) is 9.70. The van der Waals surface area contributed by atoms with E-state index in [9.17, 15) is 0 Å². The lowest BCUT2D eigenvalue weighted by atomic mass is 10.2. The highest BCUT2D eigenvalue weighted by atomic mass is 127. The Kier molecular flexibility index (Phi) is 10.6. The molecule has 0 saturated carbocycles. The smallest absolute Gasteiger partial charge is 0.191 e. The quantitative estimate of drug-likeness (QED) is 0.353. The van der Waals surface area contributed by atoms with Crippen LogP contribution in [-0.2, 0) is 0 Å². The van der Waals surface area contributed by atoms with Gasteiger partial charge in [0.05, 0.1) is 6.54 Å². The number of aliphatic imine (C=N–C) groups is 1. The van der Waals surface area contributed by atoms with Gasteiger partial charge in [0.1, 0.15) is 12.7 Å². The second kappa shape index (κ2) is 12.2. The number of halogens is 1. The molecule has 6 nitrogen and oxygen atoms in total. The Hall–Kier alpha value is -1.22. The van der Waals surface area contributed by atoms with Gasteiger partial charge < -0.3 is 25.0 Å². The maximum absolute atomic E-state index is 5.94. The number of guanidine groups is 1. The fraction of sp³-hybridized carbons (Fsp3) is 0.611. The van der Waals surface area contributed by atoms with Gasteiger partial charge in [-0.05, 0) is 31.6 Å². The molecule has 1 unspecified atom stereocenters. The first kappa shape index (κ1) is 21.8. The lowest BCUT2D eigenvalue weighted by molar-refractivity contribution is 0.0936. The van der Waals surface area contributed by atoms with Crippen LogP contribution in [0.25, 0.3) is 0 Å². The molecule has 0 bridgehead atoms. The van der Waals surface area contributed by atoms with Gasteiger partial charge in [-0.3, -0.25) is 4.99 Å². The molecule has 0 amide bonds. The number of para-hydroxylation sites is 2. The molecule has 1 heterocycles. The number of benzene rings is 1. The molecule has 2 N–H and O–H groups in total. The normalized spacial score (nSPS) is 16.3. The second-order valence-electron chi connectivity index (χ2n) is 5.81. The minimum absolute atomic E-state index is 0. The summed E-state index contributed by atoms with van der Waals surface area (Å²) in [6, 6.07) is 7.76. The van der Waals surface area contributed by atoms with Crippen molar-refractivity contribution in [3.8, 4) is 11.5 Å². The van der Waals surface area contributed by atoms with E-state index in [1.807, 2.05) is 24.3 Å². The van der Waals surface area contributed by atoms with Crippen LogP contribution in [0.2, 0.25) is 0 Å². The van der Waals surface area contributed by atoms with E-state index in [-0.39, 0.29) is 30.1 Å². The third-order valence-corrected chi connectivity index (χ3v) is 4.00. The van der Waals surface area contributed by atoms with Gasteiger partial charge in [-0.1, -0.05) is 26.0 Å². The Morgan fingerprint density at radius 3 is 2.64 bits per heavy atom. The minimum atomic E-state index is -0.0225. The maximum atomic E-state index is 5.94. The largest absolute Gasteiger partial charge is 0.486 e. The number of hydrogen-bond donors (Lipinski definition) is 2. The number of fused-ring (bicyclic) bond motifs is 1. The van der Waals surface area contributed by atoms with Gasteiger partial charge in [0.25, 0.3) is 0 Å². The number of ether oxygens (including phenoxy) is 2. The van der Waals surface area contributed by atoms with Crippen molar-refractivity contribution in [1.29, 1.82) is 0 Å². The van der Waals surface area contributed by atoms with Gasteiger partial charge in [0.15, 0.2) is 17.5 Å². The van der Waals surface area contributed by atoms with Gasteiger partial charge in [-0.2, -0.15) is 0 Å². The van der Waals surface area contributed by atoms with Crippen LogP contribution in [0, 0.1) is 0 Å². The van der Waals surface area contributed by atoms with Crippen LogP contribution in [0.1, 0.15) is 20.3 Å². The van der Waals surface area contributed by atoms with Gasteiger partial charge in [-0.25, -0.2) is 0 Å². The first-order chi connectivity index (χ1) is 11.8. The first-order valence-electron chi connectivity index (χ1n) is 8.82. The molecule has 0 spiro atoms. The molecule has 1 aliphatic heterocycles. The standard InChI is InChI=1S/C18H30N4O2.HI/c1-4-11-22(5-2)12-10-20-18(19-3)21-13-15-14-23-16-8-6-7-9-17(16)24-15;/h6-9,15H,4-5,10-14H2,1-3H3,(H2,19,20,21);1H. The third kappa shape index (κ3) is 7.27. The molecular formula is C18H31IN4O2. The number of rotatable bonds is 8. The van der Waals surface area contributed by atoms with Crippen molar-refractivity contribution >= 4 is 29.9 Å². The van der Waals surface area contributed by atoms with Crippen molar-refractivity contribution in [2.45, 2.75) is 26.4 Å². The van der Waals surface area contributed by atoms with Crippen LogP contribution in [0.4, 0.5) is 0 Å². The lowest BCUT2D eigenvalue weighted by Crippen LogP contribution is -2.47. The summed E-state index contributed by atoms with van der Waals surface area (Å²) in [5, 5.41) is 6.66. The Bertz CT molecular complexity index is 528. The summed E-state index contributed by atoms with van der Waals surface area (Å²) in [5.74, 6) is 2.41. The Morgan fingerprint density at radius 1 is 1.20 bits per heavy atom. The van der Waals surface area contributed by atoms with Crippen molar-refractivity contribution in [3.05, 3.63) is 24.3 Å². The molecular weight excluding hydrogens is 431 g/mol. The fourth-order valence-corrected chi connectivity index (χ4v) is 2.67. The predicted octanol–water partition coefficient (Wildman–Crippen LogP) is 2.34. The Morgan fingerprint density at radius 2 is 1.96 bits per heavy atom. The van der Waals surface area contributed by atoms with Crippen molar-refractivity contribution in [1.82, 2.24) is 15.5 Å². The predicted molar refractivity (Wildman–Crippen MR) is 114 cm³/mol. The van der Waals surface area contributed by atoms with Crippen LogP contribution in [0.3, 0.4) is 0 Å². The van der Waals surface area contributed by atoms with E-state index < -0.39 is 0 Å². The summed E-state index contributed by atoms with van der Waals surface area (Å²) in [6.07, 6.45) is 1.16. The molecule has 0 saturated heterocycles. The van der Waals surface area contributed by atoms with E-state index in [1.165, 1.54) is 6.42 Å². The van der Waals surface area contributed by atoms with Crippen LogP contribution < -0.4 is 20.1 Å².